The maximum absolute atomic E-state index is 11.1. The molecule has 0 spiro atoms. The van der Waals surface area contributed by atoms with Gasteiger partial charge in [-0.1, -0.05) is 6.92 Å². The molecule has 15 heavy (non-hydrogen) atoms. The molecule has 0 atom stereocenters. The van der Waals surface area contributed by atoms with E-state index in [0.717, 1.165) is 0 Å². The van der Waals surface area contributed by atoms with Crippen LogP contribution in [0.4, 0.5) is 5.95 Å². The van der Waals surface area contributed by atoms with Crippen LogP contribution in [0, 0.1) is 0 Å². The lowest BCUT2D eigenvalue weighted by molar-refractivity contribution is -0.115. The Bertz CT molecular complexity index is 379. The van der Waals surface area contributed by atoms with Gasteiger partial charge in [0.2, 0.25) is 11.9 Å². The van der Waals surface area contributed by atoms with Crippen LogP contribution in [0.3, 0.4) is 0 Å². The molecule has 0 saturated heterocycles. The molecular formula is C9H11N3O3. The van der Waals surface area contributed by atoms with Crippen molar-refractivity contribution >= 4 is 17.8 Å². The second-order valence-corrected chi connectivity index (χ2v) is 2.66. The van der Waals surface area contributed by atoms with Crippen molar-refractivity contribution in [1.82, 2.24) is 9.97 Å². The minimum atomic E-state index is -0.565. The molecule has 6 nitrogen and oxygen atoms in total. The van der Waals surface area contributed by atoms with Crippen LogP contribution >= 0.6 is 0 Å². The van der Waals surface area contributed by atoms with Gasteiger partial charge in [0, 0.05) is 12.6 Å². The number of carbonyl (C=O) groups is 2. The van der Waals surface area contributed by atoms with E-state index in [1.807, 2.05) is 0 Å². The molecule has 0 saturated carbocycles. The normalized spacial score (nSPS) is 9.47. The third-order valence-corrected chi connectivity index (χ3v) is 1.62. The van der Waals surface area contributed by atoms with Gasteiger partial charge in [0.1, 0.15) is 0 Å². The molecule has 0 aliphatic carbocycles. The Morgan fingerprint density at radius 1 is 1.53 bits per heavy atom. The molecule has 1 aromatic rings. The number of nitrogens with one attached hydrogen (secondary N) is 1. The zero-order chi connectivity index (χ0) is 11.3. The van der Waals surface area contributed by atoms with Crippen LogP contribution in [0.15, 0.2) is 12.3 Å². The number of methoxy groups -OCH3 is 1. The van der Waals surface area contributed by atoms with Crippen LogP contribution in [0.25, 0.3) is 0 Å². The molecule has 0 aromatic carbocycles. The monoisotopic (exact) mass is 209 g/mol. The quantitative estimate of drug-likeness (QED) is 0.737. The number of nitrogens with zero attached hydrogens (tertiary/aromatic N) is 2. The Morgan fingerprint density at radius 3 is 2.87 bits per heavy atom. The number of amides is 1. The first-order valence-electron chi connectivity index (χ1n) is 4.38. The summed E-state index contributed by atoms with van der Waals surface area (Å²) in [6, 6.07) is 1.41. The third kappa shape index (κ3) is 3.01. The van der Waals surface area contributed by atoms with E-state index in [1.54, 1.807) is 6.92 Å². The van der Waals surface area contributed by atoms with Crippen molar-refractivity contribution < 1.29 is 14.3 Å². The molecular weight excluding hydrogens is 198 g/mol. The summed E-state index contributed by atoms with van der Waals surface area (Å²) < 4.78 is 4.48. The topological polar surface area (TPSA) is 81.2 Å². The number of rotatable bonds is 3. The van der Waals surface area contributed by atoms with Gasteiger partial charge in [0.05, 0.1) is 7.11 Å². The van der Waals surface area contributed by atoms with Crippen molar-refractivity contribution in [3.05, 3.63) is 18.0 Å². The number of anilines is 1. The highest BCUT2D eigenvalue weighted by Crippen LogP contribution is 2.02. The lowest BCUT2D eigenvalue weighted by Gasteiger charge is -2.02. The van der Waals surface area contributed by atoms with E-state index in [9.17, 15) is 9.59 Å². The molecule has 0 aliphatic heterocycles. The smallest absolute Gasteiger partial charge is 0.356 e. The van der Waals surface area contributed by atoms with Crippen molar-refractivity contribution in [1.29, 1.82) is 0 Å². The number of carbonyl (C=O) groups excluding carboxylic acids is 2. The minimum absolute atomic E-state index is 0.102. The number of hydrogen-bond acceptors (Lipinski definition) is 5. The predicted molar refractivity (Wildman–Crippen MR) is 52.3 cm³/mol. The van der Waals surface area contributed by atoms with E-state index in [1.165, 1.54) is 19.4 Å². The van der Waals surface area contributed by atoms with Crippen LogP contribution in [0.2, 0.25) is 0 Å². The van der Waals surface area contributed by atoms with Gasteiger partial charge in [-0.15, -0.1) is 0 Å². The fraction of sp³-hybridized carbons (Fsp3) is 0.333. The van der Waals surface area contributed by atoms with Crippen LogP contribution in [0.1, 0.15) is 23.8 Å². The fourth-order valence-corrected chi connectivity index (χ4v) is 0.850. The molecule has 80 valence electrons. The first kappa shape index (κ1) is 11.1. The molecule has 0 bridgehead atoms. The molecule has 1 heterocycles. The summed E-state index contributed by atoms with van der Waals surface area (Å²) in [5.74, 6) is -0.675. The molecule has 1 rings (SSSR count). The molecule has 1 amide bonds. The maximum Gasteiger partial charge on any atom is 0.356 e. The van der Waals surface area contributed by atoms with Gasteiger partial charge in [-0.25, -0.2) is 14.8 Å². The van der Waals surface area contributed by atoms with Gasteiger partial charge in [0.15, 0.2) is 5.69 Å². The van der Waals surface area contributed by atoms with Crippen LogP contribution in [-0.4, -0.2) is 29.0 Å². The Hall–Kier alpha value is -1.98. The van der Waals surface area contributed by atoms with Crippen molar-refractivity contribution in [2.75, 3.05) is 12.4 Å². The highest BCUT2D eigenvalue weighted by atomic mass is 16.5. The van der Waals surface area contributed by atoms with Gasteiger partial charge in [0.25, 0.3) is 0 Å². The van der Waals surface area contributed by atoms with Gasteiger partial charge in [-0.05, 0) is 6.07 Å². The largest absolute Gasteiger partial charge is 0.464 e. The van der Waals surface area contributed by atoms with Gasteiger partial charge < -0.3 is 4.74 Å². The number of aromatic nitrogens is 2. The van der Waals surface area contributed by atoms with Crippen LogP contribution in [-0.2, 0) is 9.53 Å². The molecule has 6 heteroatoms. The Morgan fingerprint density at radius 2 is 2.27 bits per heavy atom. The van der Waals surface area contributed by atoms with E-state index >= 15 is 0 Å². The van der Waals surface area contributed by atoms with E-state index < -0.39 is 5.97 Å². The maximum atomic E-state index is 11.1. The summed E-state index contributed by atoms with van der Waals surface area (Å²) >= 11 is 0. The second kappa shape index (κ2) is 5.04. The zero-order valence-corrected chi connectivity index (χ0v) is 8.48. The lowest BCUT2D eigenvalue weighted by atomic mass is 10.4. The summed E-state index contributed by atoms with van der Waals surface area (Å²) in [6.45, 7) is 1.71. The summed E-state index contributed by atoms with van der Waals surface area (Å²) in [5, 5.41) is 2.44. The minimum Gasteiger partial charge on any atom is -0.464 e. The van der Waals surface area contributed by atoms with E-state index in [2.05, 4.69) is 20.0 Å². The number of hydrogen-bond donors (Lipinski definition) is 1. The average molecular weight is 209 g/mol. The molecule has 0 aliphatic rings. The van der Waals surface area contributed by atoms with Crippen molar-refractivity contribution in [2.24, 2.45) is 0 Å². The second-order valence-electron chi connectivity index (χ2n) is 2.66. The highest BCUT2D eigenvalue weighted by Gasteiger charge is 2.09. The third-order valence-electron chi connectivity index (χ3n) is 1.62. The van der Waals surface area contributed by atoms with Gasteiger partial charge in [-0.3, -0.25) is 10.1 Å². The van der Waals surface area contributed by atoms with Crippen molar-refractivity contribution in [2.45, 2.75) is 13.3 Å². The van der Waals surface area contributed by atoms with Crippen molar-refractivity contribution in [3.8, 4) is 0 Å². The average Bonchev–Trinajstić information content (AvgIpc) is 2.28. The summed E-state index contributed by atoms with van der Waals surface area (Å²) in [4.78, 5) is 29.7. The number of ether oxygens (including phenoxy) is 1. The molecule has 1 aromatic heterocycles. The summed E-state index contributed by atoms with van der Waals surface area (Å²) in [5.41, 5.74) is 0.110. The Balaban J connectivity index is 2.83. The molecule has 1 N–H and O–H groups in total. The van der Waals surface area contributed by atoms with Gasteiger partial charge in [-0.2, -0.15) is 0 Å². The van der Waals surface area contributed by atoms with Crippen molar-refractivity contribution in [3.63, 3.8) is 0 Å². The predicted octanol–water partition coefficient (Wildman–Crippen LogP) is 0.612. The molecule has 0 unspecified atom stereocenters. The molecule has 0 radical (unpaired) electrons. The van der Waals surface area contributed by atoms with Crippen LogP contribution < -0.4 is 5.32 Å². The SMILES string of the molecule is CCC(=O)Nc1nccc(C(=O)OC)n1. The van der Waals surface area contributed by atoms with Gasteiger partial charge >= 0.3 is 5.97 Å². The highest BCUT2D eigenvalue weighted by molar-refractivity contribution is 5.90. The van der Waals surface area contributed by atoms with E-state index in [4.69, 9.17) is 0 Å². The summed E-state index contributed by atoms with van der Waals surface area (Å²) in [7, 11) is 1.26. The summed E-state index contributed by atoms with van der Waals surface area (Å²) in [6.07, 6.45) is 1.70. The first-order chi connectivity index (χ1) is 7.17. The van der Waals surface area contributed by atoms with E-state index in [-0.39, 0.29) is 17.5 Å². The zero-order valence-electron chi connectivity index (χ0n) is 8.48. The fourth-order valence-electron chi connectivity index (χ4n) is 0.850. The number of esters is 1. The van der Waals surface area contributed by atoms with Crippen LogP contribution in [0.5, 0.6) is 0 Å². The standard InChI is InChI=1S/C9H11N3O3/c1-3-7(13)12-9-10-5-4-6(11-9)8(14)15-2/h4-5H,3H2,1-2H3,(H,10,11,12,13). The molecule has 0 fully saturated rings. The first-order valence-corrected chi connectivity index (χ1v) is 4.38. The Kier molecular flexibility index (Phi) is 3.73. The lowest BCUT2D eigenvalue weighted by Crippen LogP contribution is -2.14. The Labute approximate surface area is 86.7 Å². The van der Waals surface area contributed by atoms with E-state index in [0.29, 0.717) is 6.42 Å².